The molecule has 3 aromatic rings. The molecule has 0 aromatic carbocycles. The van der Waals surface area contributed by atoms with Gasteiger partial charge in [0.1, 0.15) is 11.5 Å². The van der Waals surface area contributed by atoms with Crippen LogP contribution in [0.25, 0.3) is 5.65 Å². The van der Waals surface area contributed by atoms with E-state index in [1.165, 1.54) is 11.5 Å². The Morgan fingerprint density at radius 1 is 1.32 bits per heavy atom. The Morgan fingerprint density at radius 3 is 2.95 bits per heavy atom. The van der Waals surface area contributed by atoms with Crippen LogP contribution in [-0.2, 0) is 6.54 Å². The minimum Gasteiger partial charge on any atom is -0.355 e. The molecule has 0 atom stereocenters. The molecule has 3 rings (SSSR count). The largest absolute Gasteiger partial charge is 0.355 e. The second-order valence-corrected chi connectivity index (χ2v) is 5.42. The van der Waals surface area contributed by atoms with Gasteiger partial charge >= 0.3 is 0 Å². The number of imidazole rings is 1. The van der Waals surface area contributed by atoms with Crippen molar-refractivity contribution in [1.82, 2.24) is 18.7 Å². The van der Waals surface area contributed by atoms with E-state index in [9.17, 15) is 0 Å². The molecule has 5 nitrogen and oxygen atoms in total. The van der Waals surface area contributed by atoms with Crippen LogP contribution in [0.4, 0.5) is 5.13 Å². The molecule has 3 heterocycles. The smallest absolute Gasteiger partial charge is 0.202 e. The third-order valence-corrected chi connectivity index (χ3v) is 3.48. The van der Waals surface area contributed by atoms with Crippen LogP contribution in [0.5, 0.6) is 0 Å². The van der Waals surface area contributed by atoms with Gasteiger partial charge in [0.25, 0.3) is 0 Å². The van der Waals surface area contributed by atoms with Crippen molar-refractivity contribution in [3.8, 4) is 0 Å². The van der Waals surface area contributed by atoms with Crippen LogP contribution in [0.15, 0.2) is 30.6 Å². The first-order chi connectivity index (χ1) is 9.22. The lowest BCUT2D eigenvalue weighted by Crippen LogP contribution is -1.99. The van der Waals surface area contributed by atoms with Gasteiger partial charge in [-0.05, 0) is 12.1 Å². The van der Waals surface area contributed by atoms with Crippen LogP contribution in [0.3, 0.4) is 0 Å². The lowest BCUT2D eigenvalue weighted by Gasteiger charge is -1.98. The van der Waals surface area contributed by atoms with E-state index in [1.54, 1.807) is 0 Å². The fourth-order valence-electron chi connectivity index (χ4n) is 1.78. The molecule has 0 aliphatic rings. The van der Waals surface area contributed by atoms with Gasteiger partial charge in [-0.15, -0.1) is 0 Å². The Balaban J connectivity index is 1.71. The zero-order chi connectivity index (χ0) is 13.2. The average Bonchev–Trinajstić information content (AvgIpc) is 3.02. The Bertz CT molecular complexity index is 652. The fourth-order valence-corrected chi connectivity index (χ4v) is 2.48. The van der Waals surface area contributed by atoms with Gasteiger partial charge in [0.05, 0.1) is 12.2 Å². The second kappa shape index (κ2) is 4.97. The standard InChI is InChI=1S/C13H15N5S/c1-9(2)12-16-13(19-17-12)14-7-10-8-18-6-4-3-5-11(18)15-10/h3-6,8-9H,7H2,1-2H3,(H,14,16,17). The van der Waals surface area contributed by atoms with Crippen molar-refractivity contribution >= 4 is 22.3 Å². The summed E-state index contributed by atoms with van der Waals surface area (Å²) in [6.45, 7) is 4.84. The molecule has 0 unspecified atom stereocenters. The first kappa shape index (κ1) is 12.1. The number of nitrogens with zero attached hydrogens (tertiary/aromatic N) is 4. The zero-order valence-electron chi connectivity index (χ0n) is 10.9. The van der Waals surface area contributed by atoms with Gasteiger partial charge < -0.3 is 9.72 Å². The molecule has 0 radical (unpaired) electrons. The summed E-state index contributed by atoms with van der Waals surface area (Å²) in [5.74, 6) is 1.25. The highest BCUT2D eigenvalue weighted by molar-refractivity contribution is 7.09. The van der Waals surface area contributed by atoms with E-state index in [0.29, 0.717) is 12.5 Å². The van der Waals surface area contributed by atoms with Gasteiger partial charge in [-0.3, -0.25) is 0 Å². The number of fused-ring (bicyclic) bond motifs is 1. The van der Waals surface area contributed by atoms with Gasteiger partial charge in [-0.2, -0.15) is 4.37 Å². The minimum atomic E-state index is 0.363. The maximum absolute atomic E-state index is 4.53. The van der Waals surface area contributed by atoms with Crippen LogP contribution in [0, 0.1) is 0 Å². The molecule has 0 saturated heterocycles. The highest BCUT2D eigenvalue weighted by atomic mass is 32.1. The highest BCUT2D eigenvalue weighted by Gasteiger charge is 2.08. The Morgan fingerprint density at radius 2 is 2.21 bits per heavy atom. The number of rotatable bonds is 4. The van der Waals surface area contributed by atoms with Gasteiger partial charge in [-0.25, -0.2) is 9.97 Å². The first-order valence-corrected chi connectivity index (χ1v) is 7.00. The average molecular weight is 273 g/mol. The number of nitrogens with one attached hydrogen (secondary N) is 1. The highest BCUT2D eigenvalue weighted by Crippen LogP contribution is 2.18. The molecule has 0 spiro atoms. The van der Waals surface area contributed by atoms with Crippen molar-refractivity contribution in [3.63, 3.8) is 0 Å². The van der Waals surface area contributed by atoms with Gasteiger partial charge in [-0.1, -0.05) is 19.9 Å². The van der Waals surface area contributed by atoms with E-state index in [1.807, 2.05) is 35.0 Å². The van der Waals surface area contributed by atoms with Crippen LogP contribution in [-0.4, -0.2) is 18.7 Å². The third-order valence-electron chi connectivity index (χ3n) is 2.79. The second-order valence-electron chi connectivity index (χ2n) is 4.66. The van der Waals surface area contributed by atoms with Crippen LogP contribution in [0.1, 0.15) is 31.3 Å². The lowest BCUT2D eigenvalue weighted by atomic mass is 10.2. The molecular weight excluding hydrogens is 258 g/mol. The van der Waals surface area contributed by atoms with E-state index in [0.717, 1.165) is 22.3 Å². The summed E-state index contributed by atoms with van der Waals surface area (Å²) in [7, 11) is 0. The molecule has 19 heavy (non-hydrogen) atoms. The monoisotopic (exact) mass is 273 g/mol. The molecule has 0 amide bonds. The number of hydrogen-bond donors (Lipinski definition) is 1. The van der Waals surface area contributed by atoms with Crippen molar-refractivity contribution in [2.75, 3.05) is 5.32 Å². The predicted molar refractivity (Wildman–Crippen MR) is 76.5 cm³/mol. The summed E-state index contributed by atoms with van der Waals surface area (Å²) in [6.07, 6.45) is 4.01. The van der Waals surface area contributed by atoms with E-state index < -0.39 is 0 Å². The van der Waals surface area contributed by atoms with Gasteiger partial charge in [0, 0.05) is 29.8 Å². The quantitative estimate of drug-likeness (QED) is 0.794. The summed E-state index contributed by atoms with van der Waals surface area (Å²) in [5, 5.41) is 4.11. The Hall–Kier alpha value is -1.95. The molecule has 0 fully saturated rings. The van der Waals surface area contributed by atoms with Gasteiger partial charge in [0.15, 0.2) is 0 Å². The predicted octanol–water partition coefficient (Wildman–Crippen LogP) is 2.92. The fraction of sp³-hybridized carbons (Fsp3) is 0.308. The summed E-state index contributed by atoms with van der Waals surface area (Å²) < 4.78 is 6.32. The molecule has 6 heteroatoms. The van der Waals surface area contributed by atoms with Crippen LogP contribution < -0.4 is 5.32 Å². The van der Waals surface area contributed by atoms with Crippen molar-refractivity contribution < 1.29 is 0 Å². The summed E-state index contributed by atoms with van der Waals surface area (Å²) in [4.78, 5) is 8.97. The number of pyridine rings is 1. The topological polar surface area (TPSA) is 55.1 Å². The molecular formula is C13H15N5S. The molecule has 0 saturated carbocycles. The molecule has 0 aliphatic carbocycles. The summed E-state index contributed by atoms with van der Waals surface area (Å²) in [6, 6.07) is 5.97. The number of anilines is 1. The van der Waals surface area contributed by atoms with Crippen LogP contribution in [0.2, 0.25) is 0 Å². The molecule has 3 aromatic heterocycles. The molecule has 0 bridgehead atoms. The maximum Gasteiger partial charge on any atom is 0.202 e. The maximum atomic E-state index is 4.53. The normalized spacial score (nSPS) is 11.3. The number of hydrogen-bond acceptors (Lipinski definition) is 5. The molecule has 98 valence electrons. The van der Waals surface area contributed by atoms with E-state index in [2.05, 4.69) is 33.5 Å². The van der Waals surface area contributed by atoms with Crippen molar-refractivity contribution in [2.24, 2.45) is 0 Å². The summed E-state index contributed by atoms with van der Waals surface area (Å²) >= 11 is 1.40. The SMILES string of the molecule is CC(C)c1nsc(NCc2cn3ccccc3n2)n1. The van der Waals surface area contributed by atoms with E-state index in [-0.39, 0.29) is 0 Å². The first-order valence-electron chi connectivity index (χ1n) is 6.22. The van der Waals surface area contributed by atoms with Crippen molar-refractivity contribution in [3.05, 3.63) is 42.1 Å². The third kappa shape index (κ3) is 2.58. The Labute approximate surface area is 115 Å². The summed E-state index contributed by atoms with van der Waals surface area (Å²) in [5.41, 5.74) is 1.95. The molecule has 1 N–H and O–H groups in total. The zero-order valence-corrected chi connectivity index (χ0v) is 11.7. The lowest BCUT2D eigenvalue weighted by molar-refractivity contribution is 0.799. The van der Waals surface area contributed by atoms with E-state index >= 15 is 0 Å². The van der Waals surface area contributed by atoms with E-state index in [4.69, 9.17) is 0 Å². The Kier molecular flexibility index (Phi) is 3.16. The molecule has 0 aliphatic heterocycles. The number of aromatic nitrogens is 4. The van der Waals surface area contributed by atoms with Crippen LogP contribution >= 0.6 is 11.5 Å². The van der Waals surface area contributed by atoms with Crippen molar-refractivity contribution in [2.45, 2.75) is 26.3 Å². The van der Waals surface area contributed by atoms with Crippen molar-refractivity contribution in [1.29, 1.82) is 0 Å². The minimum absolute atomic E-state index is 0.363. The van der Waals surface area contributed by atoms with Gasteiger partial charge in [0.2, 0.25) is 5.13 Å².